The third kappa shape index (κ3) is 3.43. The van der Waals surface area contributed by atoms with Crippen molar-refractivity contribution in [1.82, 2.24) is 25.3 Å². The average molecular weight is 361 g/mol. The Balaban J connectivity index is 1.72. The smallest absolute Gasteiger partial charge is 0.271 e. The molecule has 9 heteroatoms. The molecule has 4 N–H and O–H groups in total. The van der Waals surface area contributed by atoms with Crippen LogP contribution in [0.4, 0.5) is 5.82 Å². The minimum absolute atomic E-state index is 0.0896. The van der Waals surface area contributed by atoms with Gasteiger partial charge in [-0.3, -0.25) is 9.89 Å². The number of hydrogen-bond acceptors (Lipinski definition) is 5. The fourth-order valence-corrected chi connectivity index (χ4v) is 2.45. The highest BCUT2D eigenvalue weighted by molar-refractivity contribution is 6.35. The van der Waals surface area contributed by atoms with Crippen LogP contribution in [0, 0.1) is 0 Å². The number of methoxy groups -OCH3 is 1. The molecule has 8 nitrogen and oxygen atoms in total. The van der Waals surface area contributed by atoms with E-state index in [9.17, 15) is 4.79 Å². The van der Waals surface area contributed by atoms with Crippen LogP contribution in [0.2, 0.25) is 5.02 Å². The molecule has 1 aromatic carbocycles. The summed E-state index contributed by atoms with van der Waals surface area (Å²) < 4.78 is 6.86. The molecule has 1 atom stereocenters. The van der Waals surface area contributed by atoms with Gasteiger partial charge in [-0.2, -0.15) is 10.2 Å². The Bertz CT molecular complexity index is 886. The van der Waals surface area contributed by atoms with E-state index in [0.29, 0.717) is 0 Å². The molecule has 2 aromatic heterocycles. The first-order chi connectivity index (χ1) is 12.0. The van der Waals surface area contributed by atoms with Crippen LogP contribution in [-0.2, 0) is 0 Å². The lowest BCUT2D eigenvalue weighted by atomic mass is 10.2. The fourth-order valence-electron chi connectivity index (χ4n) is 2.28. The first-order valence-electron chi connectivity index (χ1n) is 7.48. The van der Waals surface area contributed by atoms with Crippen molar-refractivity contribution in [1.29, 1.82) is 0 Å². The van der Waals surface area contributed by atoms with E-state index in [4.69, 9.17) is 22.1 Å². The third-order valence-electron chi connectivity index (χ3n) is 3.75. The number of benzene rings is 1. The first kappa shape index (κ1) is 16.8. The van der Waals surface area contributed by atoms with Crippen LogP contribution >= 0.6 is 11.6 Å². The Morgan fingerprint density at radius 2 is 2.12 bits per heavy atom. The molecular formula is C16H17ClN6O2. The molecule has 0 fully saturated rings. The van der Waals surface area contributed by atoms with Gasteiger partial charge in [0.1, 0.15) is 16.5 Å². The van der Waals surface area contributed by atoms with E-state index in [-0.39, 0.29) is 28.5 Å². The second-order valence-corrected chi connectivity index (χ2v) is 5.79. The monoisotopic (exact) mass is 360 g/mol. The standard InChI is InChI=1S/C16H17ClN6O2/c1-9(20-16(24)14-13(17)15(18)22-21-14)10-7-19-23(8-10)11-3-5-12(25-2)6-4-11/h3-9H,1-2H3,(H,20,24)(H3,18,21,22)/t9-/m1/s1. The van der Waals surface area contributed by atoms with Gasteiger partial charge in [0.05, 0.1) is 25.0 Å². The number of carbonyl (C=O) groups is 1. The minimum atomic E-state index is -0.390. The number of nitrogen functional groups attached to an aromatic ring is 1. The van der Waals surface area contributed by atoms with Crippen LogP contribution < -0.4 is 15.8 Å². The Hall–Kier alpha value is -3.00. The maximum atomic E-state index is 12.2. The molecule has 25 heavy (non-hydrogen) atoms. The second-order valence-electron chi connectivity index (χ2n) is 5.41. The maximum Gasteiger partial charge on any atom is 0.271 e. The number of nitrogens with zero attached hydrogens (tertiary/aromatic N) is 3. The zero-order valence-electron chi connectivity index (χ0n) is 13.7. The minimum Gasteiger partial charge on any atom is -0.497 e. The van der Waals surface area contributed by atoms with E-state index in [2.05, 4.69) is 20.6 Å². The lowest BCUT2D eigenvalue weighted by Gasteiger charge is -2.11. The van der Waals surface area contributed by atoms with Crippen molar-refractivity contribution in [2.24, 2.45) is 0 Å². The van der Waals surface area contributed by atoms with E-state index < -0.39 is 0 Å². The molecule has 0 saturated heterocycles. The Kier molecular flexibility index (Phi) is 4.62. The maximum absolute atomic E-state index is 12.2. The lowest BCUT2D eigenvalue weighted by molar-refractivity contribution is 0.0935. The number of aromatic amines is 1. The van der Waals surface area contributed by atoms with Crippen LogP contribution in [0.5, 0.6) is 5.75 Å². The van der Waals surface area contributed by atoms with Crippen LogP contribution in [0.25, 0.3) is 5.69 Å². The summed E-state index contributed by atoms with van der Waals surface area (Å²) in [6, 6.07) is 7.22. The van der Waals surface area contributed by atoms with Crippen LogP contribution in [-0.4, -0.2) is 33.0 Å². The molecule has 0 aliphatic rings. The lowest BCUT2D eigenvalue weighted by Crippen LogP contribution is -2.27. The molecule has 0 radical (unpaired) electrons. The van der Waals surface area contributed by atoms with Crippen molar-refractivity contribution in [2.75, 3.05) is 12.8 Å². The van der Waals surface area contributed by atoms with E-state index in [1.54, 1.807) is 18.0 Å². The van der Waals surface area contributed by atoms with Crippen LogP contribution in [0.1, 0.15) is 29.0 Å². The molecule has 3 rings (SSSR count). The average Bonchev–Trinajstić information content (AvgIpc) is 3.23. The van der Waals surface area contributed by atoms with Crippen molar-refractivity contribution in [3.05, 3.63) is 52.9 Å². The zero-order chi connectivity index (χ0) is 18.0. The van der Waals surface area contributed by atoms with Gasteiger partial charge in [-0.25, -0.2) is 4.68 Å². The number of H-pyrrole nitrogens is 1. The first-order valence-corrected chi connectivity index (χ1v) is 7.86. The quantitative estimate of drug-likeness (QED) is 0.646. The number of nitrogens with two attached hydrogens (primary N) is 1. The third-order valence-corrected chi connectivity index (χ3v) is 4.13. The van der Waals surface area contributed by atoms with Crippen LogP contribution in [0.3, 0.4) is 0 Å². The van der Waals surface area contributed by atoms with Crippen molar-refractivity contribution < 1.29 is 9.53 Å². The predicted octanol–water partition coefficient (Wildman–Crippen LogP) is 2.33. The molecule has 0 spiro atoms. The Morgan fingerprint density at radius 3 is 2.72 bits per heavy atom. The van der Waals surface area contributed by atoms with Gasteiger partial charge >= 0.3 is 0 Å². The summed E-state index contributed by atoms with van der Waals surface area (Å²) >= 11 is 5.94. The summed E-state index contributed by atoms with van der Waals surface area (Å²) in [5.41, 5.74) is 7.39. The summed E-state index contributed by atoms with van der Waals surface area (Å²) in [5.74, 6) is 0.471. The number of halogens is 1. The zero-order valence-corrected chi connectivity index (χ0v) is 14.4. The molecule has 3 aromatic rings. The number of anilines is 1. The van der Waals surface area contributed by atoms with Crippen molar-refractivity contribution >= 4 is 23.3 Å². The van der Waals surface area contributed by atoms with E-state index in [1.807, 2.05) is 37.4 Å². The van der Waals surface area contributed by atoms with Crippen molar-refractivity contribution in [3.8, 4) is 11.4 Å². The normalized spacial score (nSPS) is 12.0. The van der Waals surface area contributed by atoms with Gasteiger partial charge in [0.15, 0.2) is 5.82 Å². The Morgan fingerprint density at radius 1 is 1.40 bits per heavy atom. The van der Waals surface area contributed by atoms with E-state index >= 15 is 0 Å². The number of aromatic nitrogens is 4. The molecule has 0 aliphatic carbocycles. The Labute approximate surface area is 148 Å². The highest BCUT2D eigenvalue weighted by Crippen LogP contribution is 2.21. The summed E-state index contributed by atoms with van der Waals surface area (Å²) in [7, 11) is 1.62. The number of rotatable bonds is 5. The van der Waals surface area contributed by atoms with Crippen molar-refractivity contribution in [3.63, 3.8) is 0 Å². The summed E-state index contributed by atoms with van der Waals surface area (Å²) in [6.07, 6.45) is 3.54. The predicted molar refractivity (Wildman–Crippen MR) is 94.0 cm³/mol. The highest BCUT2D eigenvalue weighted by atomic mass is 35.5. The number of ether oxygens (including phenoxy) is 1. The number of hydrogen-bond donors (Lipinski definition) is 3. The number of amides is 1. The summed E-state index contributed by atoms with van der Waals surface area (Å²) in [4.78, 5) is 12.2. The largest absolute Gasteiger partial charge is 0.497 e. The van der Waals surface area contributed by atoms with Crippen LogP contribution in [0.15, 0.2) is 36.7 Å². The molecule has 0 bridgehead atoms. The second kappa shape index (κ2) is 6.86. The van der Waals surface area contributed by atoms with Gasteiger partial charge in [0.2, 0.25) is 0 Å². The number of nitrogens with one attached hydrogen (secondary N) is 2. The molecular weight excluding hydrogens is 344 g/mol. The highest BCUT2D eigenvalue weighted by Gasteiger charge is 2.19. The van der Waals surface area contributed by atoms with Gasteiger partial charge in [-0.05, 0) is 31.2 Å². The molecule has 1 amide bonds. The molecule has 0 unspecified atom stereocenters. The van der Waals surface area contributed by atoms with Gasteiger partial charge in [0, 0.05) is 11.8 Å². The van der Waals surface area contributed by atoms with Gasteiger partial charge in [0.25, 0.3) is 5.91 Å². The molecule has 0 aliphatic heterocycles. The summed E-state index contributed by atoms with van der Waals surface area (Å²) in [5, 5.41) is 13.5. The van der Waals surface area contributed by atoms with Gasteiger partial charge < -0.3 is 15.8 Å². The SMILES string of the molecule is COc1ccc(-n2cc([C@@H](C)NC(=O)c3[nH]nc(N)c3Cl)cn2)cc1. The van der Waals surface area contributed by atoms with Gasteiger partial charge in [-0.15, -0.1) is 0 Å². The van der Waals surface area contributed by atoms with Gasteiger partial charge in [-0.1, -0.05) is 11.6 Å². The van der Waals surface area contributed by atoms with E-state index in [0.717, 1.165) is 17.0 Å². The van der Waals surface area contributed by atoms with Crippen molar-refractivity contribution in [2.45, 2.75) is 13.0 Å². The number of carbonyl (C=O) groups excluding carboxylic acids is 1. The van der Waals surface area contributed by atoms with E-state index in [1.165, 1.54) is 0 Å². The molecule has 0 saturated carbocycles. The summed E-state index contributed by atoms with van der Waals surface area (Å²) in [6.45, 7) is 1.85. The fraction of sp³-hybridized carbons (Fsp3) is 0.188. The topological polar surface area (TPSA) is 111 Å². The molecule has 130 valence electrons. The molecule has 2 heterocycles.